The molecule has 0 radical (unpaired) electrons. The molecular formula is C15H18N2O. The number of rotatable bonds is 4. The average molecular weight is 242 g/mol. The minimum Gasteiger partial charge on any atom is -0.324 e. The van der Waals surface area contributed by atoms with Crippen LogP contribution in [-0.4, -0.2) is 10.9 Å². The summed E-state index contributed by atoms with van der Waals surface area (Å²) in [5.41, 5.74) is 1.64. The van der Waals surface area contributed by atoms with Crippen LogP contribution in [0.1, 0.15) is 26.7 Å². The van der Waals surface area contributed by atoms with Gasteiger partial charge in [-0.05, 0) is 25.0 Å². The van der Waals surface area contributed by atoms with Crippen molar-refractivity contribution in [2.45, 2.75) is 26.7 Å². The molecule has 1 aromatic heterocycles. The van der Waals surface area contributed by atoms with Crippen LogP contribution in [0, 0.1) is 5.92 Å². The summed E-state index contributed by atoms with van der Waals surface area (Å²) in [7, 11) is 0. The minimum atomic E-state index is 0.0731. The van der Waals surface area contributed by atoms with Gasteiger partial charge in [-0.15, -0.1) is 0 Å². The zero-order chi connectivity index (χ0) is 13.0. The van der Waals surface area contributed by atoms with Crippen molar-refractivity contribution in [3.63, 3.8) is 0 Å². The van der Waals surface area contributed by atoms with Gasteiger partial charge in [0.2, 0.25) is 5.91 Å². The number of anilines is 1. The number of nitrogens with one attached hydrogen (secondary N) is 1. The Bertz CT molecular complexity index is 542. The van der Waals surface area contributed by atoms with Crippen molar-refractivity contribution in [1.82, 2.24) is 4.98 Å². The molecule has 2 aromatic rings. The third-order valence-corrected chi connectivity index (χ3v) is 3.25. The molecule has 0 saturated carbocycles. The van der Waals surface area contributed by atoms with E-state index in [-0.39, 0.29) is 11.8 Å². The summed E-state index contributed by atoms with van der Waals surface area (Å²) in [6.07, 6.45) is 3.47. The predicted molar refractivity (Wildman–Crippen MR) is 74.4 cm³/mol. The molecular weight excluding hydrogens is 224 g/mol. The first-order valence-electron chi connectivity index (χ1n) is 6.40. The Hall–Kier alpha value is -1.90. The van der Waals surface area contributed by atoms with Crippen molar-refractivity contribution in [1.29, 1.82) is 0 Å². The van der Waals surface area contributed by atoms with E-state index in [4.69, 9.17) is 0 Å². The number of para-hydroxylation sites is 1. The molecule has 3 nitrogen and oxygen atoms in total. The van der Waals surface area contributed by atoms with E-state index in [0.717, 1.165) is 29.4 Å². The van der Waals surface area contributed by atoms with Crippen LogP contribution in [0.3, 0.4) is 0 Å². The highest BCUT2D eigenvalue weighted by atomic mass is 16.1. The van der Waals surface area contributed by atoms with E-state index in [0.29, 0.717) is 0 Å². The SMILES string of the molecule is CCC(CC)C(=O)Nc1cccc2cccnc12. The van der Waals surface area contributed by atoms with E-state index in [9.17, 15) is 4.79 Å². The van der Waals surface area contributed by atoms with Crippen LogP contribution in [0.5, 0.6) is 0 Å². The molecule has 1 aromatic carbocycles. The first kappa shape index (κ1) is 12.6. The zero-order valence-corrected chi connectivity index (χ0v) is 10.8. The number of amides is 1. The van der Waals surface area contributed by atoms with Gasteiger partial charge in [-0.3, -0.25) is 9.78 Å². The van der Waals surface area contributed by atoms with E-state index >= 15 is 0 Å². The molecule has 18 heavy (non-hydrogen) atoms. The second-order valence-corrected chi connectivity index (χ2v) is 4.38. The fourth-order valence-corrected chi connectivity index (χ4v) is 2.10. The third kappa shape index (κ3) is 2.50. The summed E-state index contributed by atoms with van der Waals surface area (Å²) >= 11 is 0. The molecule has 0 saturated heterocycles. The van der Waals surface area contributed by atoms with Gasteiger partial charge in [-0.2, -0.15) is 0 Å². The number of carbonyl (C=O) groups excluding carboxylic acids is 1. The molecule has 94 valence electrons. The highest BCUT2D eigenvalue weighted by molar-refractivity contribution is 6.00. The van der Waals surface area contributed by atoms with Gasteiger partial charge >= 0.3 is 0 Å². The van der Waals surface area contributed by atoms with Crippen LogP contribution in [0.25, 0.3) is 10.9 Å². The van der Waals surface area contributed by atoms with Gasteiger partial charge in [0.25, 0.3) is 0 Å². The molecule has 0 aliphatic heterocycles. The summed E-state index contributed by atoms with van der Waals surface area (Å²) < 4.78 is 0. The van der Waals surface area contributed by atoms with Crippen molar-refractivity contribution >= 4 is 22.5 Å². The minimum absolute atomic E-state index is 0.0731. The van der Waals surface area contributed by atoms with Crippen molar-refractivity contribution in [2.75, 3.05) is 5.32 Å². The van der Waals surface area contributed by atoms with E-state index in [2.05, 4.69) is 10.3 Å². The van der Waals surface area contributed by atoms with Crippen LogP contribution >= 0.6 is 0 Å². The molecule has 0 unspecified atom stereocenters. The lowest BCUT2D eigenvalue weighted by molar-refractivity contribution is -0.120. The molecule has 0 aliphatic rings. The second-order valence-electron chi connectivity index (χ2n) is 4.38. The van der Waals surface area contributed by atoms with Gasteiger partial charge in [0, 0.05) is 17.5 Å². The number of benzene rings is 1. The summed E-state index contributed by atoms with van der Waals surface area (Å²) in [6, 6.07) is 9.72. The lowest BCUT2D eigenvalue weighted by atomic mass is 10.0. The monoisotopic (exact) mass is 242 g/mol. The second kappa shape index (κ2) is 5.63. The fraction of sp³-hybridized carbons (Fsp3) is 0.333. The van der Waals surface area contributed by atoms with Crippen molar-refractivity contribution < 1.29 is 4.79 Å². The van der Waals surface area contributed by atoms with Crippen molar-refractivity contribution in [3.8, 4) is 0 Å². The van der Waals surface area contributed by atoms with Gasteiger partial charge in [-0.25, -0.2) is 0 Å². The summed E-state index contributed by atoms with van der Waals surface area (Å²) in [4.78, 5) is 16.4. The smallest absolute Gasteiger partial charge is 0.227 e. The molecule has 3 heteroatoms. The quantitative estimate of drug-likeness (QED) is 0.889. The summed E-state index contributed by atoms with van der Waals surface area (Å²) in [5.74, 6) is 0.155. The molecule has 1 amide bonds. The maximum atomic E-state index is 12.1. The van der Waals surface area contributed by atoms with E-state index in [1.165, 1.54) is 0 Å². The van der Waals surface area contributed by atoms with Crippen LogP contribution in [0.2, 0.25) is 0 Å². The topological polar surface area (TPSA) is 42.0 Å². The Morgan fingerprint density at radius 2 is 1.94 bits per heavy atom. The summed E-state index contributed by atoms with van der Waals surface area (Å²) in [6.45, 7) is 4.07. The molecule has 0 bridgehead atoms. The molecule has 0 fully saturated rings. The van der Waals surface area contributed by atoms with Crippen molar-refractivity contribution in [2.24, 2.45) is 5.92 Å². The number of nitrogens with zero attached hydrogens (tertiary/aromatic N) is 1. The Labute approximate surface area is 107 Å². The van der Waals surface area contributed by atoms with Gasteiger partial charge < -0.3 is 5.32 Å². The number of hydrogen-bond donors (Lipinski definition) is 1. The Kier molecular flexibility index (Phi) is 3.92. The maximum Gasteiger partial charge on any atom is 0.227 e. The highest BCUT2D eigenvalue weighted by Crippen LogP contribution is 2.22. The van der Waals surface area contributed by atoms with Crippen LogP contribution < -0.4 is 5.32 Å². The number of fused-ring (bicyclic) bond motifs is 1. The number of hydrogen-bond acceptors (Lipinski definition) is 2. The first-order valence-corrected chi connectivity index (χ1v) is 6.40. The lowest BCUT2D eigenvalue weighted by Crippen LogP contribution is -2.21. The number of pyridine rings is 1. The number of carbonyl (C=O) groups is 1. The maximum absolute atomic E-state index is 12.1. The van der Waals surface area contributed by atoms with E-state index in [1.54, 1.807) is 6.20 Å². The van der Waals surface area contributed by atoms with Crippen LogP contribution in [0.4, 0.5) is 5.69 Å². The number of aromatic nitrogens is 1. The van der Waals surface area contributed by atoms with Gasteiger partial charge in [0.15, 0.2) is 0 Å². The third-order valence-electron chi connectivity index (χ3n) is 3.25. The normalized spacial score (nSPS) is 10.8. The molecule has 0 aliphatic carbocycles. The molecule has 1 N–H and O–H groups in total. The van der Waals surface area contributed by atoms with Gasteiger partial charge in [-0.1, -0.05) is 32.0 Å². The Balaban J connectivity index is 2.29. The molecule has 2 rings (SSSR count). The first-order chi connectivity index (χ1) is 8.76. The zero-order valence-electron chi connectivity index (χ0n) is 10.8. The van der Waals surface area contributed by atoms with Gasteiger partial charge in [0.05, 0.1) is 11.2 Å². The van der Waals surface area contributed by atoms with Crippen molar-refractivity contribution in [3.05, 3.63) is 36.5 Å². The Morgan fingerprint density at radius 3 is 2.67 bits per heavy atom. The van der Waals surface area contributed by atoms with Crippen LogP contribution in [0.15, 0.2) is 36.5 Å². The van der Waals surface area contributed by atoms with E-state index < -0.39 is 0 Å². The van der Waals surface area contributed by atoms with Gasteiger partial charge in [0.1, 0.15) is 0 Å². The standard InChI is InChI=1S/C15H18N2O/c1-3-11(4-2)15(18)17-13-9-5-7-12-8-6-10-16-14(12)13/h5-11H,3-4H2,1-2H3,(H,17,18). The fourth-order valence-electron chi connectivity index (χ4n) is 2.10. The Morgan fingerprint density at radius 1 is 1.22 bits per heavy atom. The largest absolute Gasteiger partial charge is 0.324 e. The summed E-state index contributed by atoms with van der Waals surface area (Å²) in [5, 5.41) is 4.03. The molecule has 0 spiro atoms. The molecule has 1 heterocycles. The molecule has 0 atom stereocenters. The predicted octanol–water partition coefficient (Wildman–Crippen LogP) is 3.61. The van der Waals surface area contributed by atoms with Crippen LogP contribution in [-0.2, 0) is 4.79 Å². The lowest BCUT2D eigenvalue weighted by Gasteiger charge is -2.13. The average Bonchev–Trinajstić information content (AvgIpc) is 2.40. The van der Waals surface area contributed by atoms with E-state index in [1.807, 2.05) is 44.2 Å². The highest BCUT2D eigenvalue weighted by Gasteiger charge is 2.15.